The summed E-state index contributed by atoms with van der Waals surface area (Å²) in [6, 6.07) is 15.5. The van der Waals surface area contributed by atoms with Gasteiger partial charge >= 0.3 is 0 Å². The fraction of sp³-hybridized carbons (Fsp3) is 0.481. The lowest BCUT2D eigenvalue weighted by atomic mass is 9.97. The van der Waals surface area contributed by atoms with E-state index in [1.165, 1.54) is 29.7 Å². The van der Waals surface area contributed by atoms with E-state index in [-0.39, 0.29) is 11.2 Å². The number of ether oxygens (including phenoxy) is 1. The second kappa shape index (κ2) is 13.4. The van der Waals surface area contributed by atoms with E-state index in [0.717, 1.165) is 37.5 Å². The van der Waals surface area contributed by atoms with Crippen molar-refractivity contribution < 1.29 is 14.4 Å². The number of nitrogens with one attached hydrogen (secondary N) is 1. The number of aromatic nitrogens is 2. The summed E-state index contributed by atoms with van der Waals surface area (Å²) < 4.78 is 11.0. The summed E-state index contributed by atoms with van der Waals surface area (Å²) in [6.45, 7) is 8.70. The van der Waals surface area contributed by atoms with Crippen molar-refractivity contribution >= 4 is 11.8 Å². The lowest BCUT2D eigenvalue weighted by molar-refractivity contribution is 0.308. The van der Waals surface area contributed by atoms with Crippen LogP contribution in [-0.2, 0) is 17.6 Å². The smallest absolute Gasteiger partial charge is 0.232 e. The quantitative estimate of drug-likeness (QED) is 0.251. The van der Waals surface area contributed by atoms with Gasteiger partial charge in [0.15, 0.2) is 5.82 Å². The monoisotopic (exact) mass is 483 g/mol. The fourth-order valence-corrected chi connectivity index (χ4v) is 3.55. The number of aromatic hydroxyl groups is 1. The van der Waals surface area contributed by atoms with Crippen molar-refractivity contribution in [3.05, 3.63) is 65.8 Å². The maximum Gasteiger partial charge on any atom is 0.232 e. The van der Waals surface area contributed by atoms with Crippen LogP contribution in [0, 0.1) is 0 Å². The third-order valence-corrected chi connectivity index (χ3v) is 5.96. The van der Waals surface area contributed by atoms with Crippen LogP contribution < -0.4 is 10.1 Å². The number of benzene rings is 2. The molecule has 0 bridgehead atoms. The SMILES string of the molecule is C1CC1.CC(C)(C)c1nc(CSc2ccc(CCNCCCOc3ccc(O)cc3)cc2)no1. The number of phenols is 1. The molecule has 1 heterocycles. The van der Waals surface area contributed by atoms with Crippen LogP contribution in [0.1, 0.15) is 63.7 Å². The van der Waals surface area contributed by atoms with Crippen molar-refractivity contribution in [2.45, 2.75) is 68.9 Å². The van der Waals surface area contributed by atoms with Gasteiger partial charge in [0.25, 0.3) is 0 Å². The van der Waals surface area contributed by atoms with Crippen molar-refractivity contribution in [3.63, 3.8) is 0 Å². The molecule has 0 radical (unpaired) electrons. The largest absolute Gasteiger partial charge is 0.508 e. The minimum absolute atomic E-state index is 0.120. The van der Waals surface area contributed by atoms with Gasteiger partial charge in [0.2, 0.25) is 5.89 Å². The van der Waals surface area contributed by atoms with Crippen molar-refractivity contribution in [1.29, 1.82) is 0 Å². The standard InChI is InChI=1S/C24H31N3O3S.C3H6/c1-24(2,3)23-26-22(27-30-23)17-31-21-11-5-18(6-12-21)13-15-25-14-4-16-29-20-9-7-19(28)8-10-20;1-2-3-1/h5-12,25,28H,4,13-17H2,1-3H3;1-3H2. The van der Waals surface area contributed by atoms with Gasteiger partial charge in [-0.25, -0.2) is 0 Å². The maximum atomic E-state index is 9.26. The van der Waals surface area contributed by atoms with Crippen LogP contribution in [0.15, 0.2) is 57.9 Å². The Hall–Kier alpha value is -2.51. The van der Waals surface area contributed by atoms with Crippen LogP contribution in [0.25, 0.3) is 0 Å². The van der Waals surface area contributed by atoms with E-state index >= 15 is 0 Å². The predicted molar refractivity (Wildman–Crippen MR) is 138 cm³/mol. The van der Waals surface area contributed by atoms with Crippen LogP contribution in [0.2, 0.25) is 0 Å². The van der Waals surface area contributed by atoms with Gasteiger partial charge in [-0.1, -0.05) is 57.3 Å². The molecule has 184 valence electrons. The normalized spacial score (nSPS) is 12.7. The molecule has 4 rings (SSSR count). The third-order valence-electron chi connectivity index (χ3n) is 4.95. The number of thioether (sulfide) groups is 1. The lowest BCUT2D eigenvalue weighted by Crippen LogP contribution is -2.20. The average molecular weight is 484 g/mol. The zero-order valence-electron chi connectivity index (χ0n) is 20.5. The number of phenolic OH excluding ortho intramolecular Hbond substituents is 1. The molecule has 1 aliphatic carbocycles. The second-order valence-electron chi connectivity index (χ2n) is 9.45. The van der Waals surface area contributed by atoms with Gasteiger partial charge in [-0.3, -0.25) is 0 Å². The molecule has 0 saturated heterocycles. The van der Waals surface area contributed by atoms with Gasteiger partial charge < -0.3 is 19.7 Å². The highest BCUT2D eigenvalue weighted by Gasteiger charge is 2.21. The van der Waals surface area contributed by atoms with Crippen LogP contribution in [-0.4, -0.2) is 34.9 Å². The second-order valence-corrected chi connectivity index (χ2v) is 10.5. The molecule has 2 aromatic carbocycles. The third kappa shape index (κ3) is 10.2. The first-order chi connectivity index (χ1) is 16.4. The summed E-state index contributed by atoms with van der Waals surface area (Å²) in [5.41, 5.74) is 1.19. The van der Waals surface area contributed by atoms with Gasteiger partial charge in [0.1, 0.15) is 11.5 Å². The number of nitrogens with zero attached hydrogens (tertiary/aromatic N) is 2. The molecule has 1 saturated carbocycles. The molecule has 6 nitrogen and oxygen atoms in total. The zero-order valence-corrected chi connectivity index (χ0v) is 21.4. The maximum absolute atomic E-state index is 9.26. The lowest BCUT2D eigenvalue weighted by Gasteiger charge is -2.10. The summed E-state index contributed by atoms with van der Waals surface area (Å²) in [4.78, 5) is 5.68. The Morgan fingerprint density at radius 1 is 1.00 bits per heavy atom. The van der Waals surface area contributed by atoms with E-state index in [1.807, 2.05) is 0 Å². The molecule has 0 spiro atoms. The van der Waals surface area contributed by atoms with Crippen molar-refractivity contribution in [3.8, 4) is 11.5 Å². The molecule has 0 atom stereocenters. The minimum atomic E-state index is -0.120. The van der Waals surface area contributed by atoms with Gasteiger partial charge in [-0.15, -0.1) is 11.8 Å². The number of rotatable bonds is 11. The van der Waals surface area contributed by atoms with Crippen LogP contribution in [0.4, 0.5) is 0 Å². The Bertz CT molecular complexity index is 961. The molecular formula is C27H37N3O3S. The Labute approximate surface area is 207 Å². The molecule has 1 fully saturated rings. The van der Waals surface area contributed by atoms with Crippen molar-refractivity contribution in [2.75, 3.05) is 19.7 Å². The Kier molecular flexibility index (Phi) is 10.3. The van der Waals surface area contributed by atoms with Gasteiger partial charge in [0, 0.05) is 10.3 Å². The molecule has 0 amide bonds. The Morgan fingerprint density at radius 3 is 2.32 bits per heavy atom. The highest BCUT2D eigenvalue weighted by molar-refractivity contribution is 7.98. The fourth-order valence-electron chi connectivity index (χ4n) is 2.80. The molecular weight excluding hydrogens is 446 g/mol. The molecule has 0 aliphatic heterocycles. The Morgan fingerprint density at radius 2 is 1.71 bits per heavy atom. The summed E-state index contributed by atoms with van der Waals surface area (Å²) in [6.07, 6.45) is 6.42. The first-order valence-corrected chi connectivity index (χ1v) is 13.1. The van der Waals surface area contributed by atoms with Gasteiger partial charge in [-0.2, -0.15) is 4.98 Å². The molecule has 3 aromatic rings. The van der Waals surface area contributed by atoms with E-state index in [4.69, 9.17) is 9.26 Å². The molecule has 2 N–H and O–H groups in total. The van der Waals surface area contributed by atoms with Crippen LogP contribution in [0.3, 0.4) is 0 Å². The summed E-state index contributed by atoms with van der Waals surface area (Å²) in [7, 11) is 0. The highest BCUT2D eigenvalue weighted by atomic mass is 32.2. The summed E-state index contributed by atoms with van der Waals surface area (Å²) >= 11 is 1.71. The number of hydrogen-bond donors (Lipinski definition) is 2. The summed E-state index contributed by atoms with van der Waals surface area (Å²) in [5, 5.41) is 16.8. The van der Waals surface area contributed by atoms with Crippen molar-refractivity contribution in [2.24, 2.45) is 0 Å². The number of hydrogen-bond acceptors (Lipinski definition) is 7. The van der Waals surface area contributed by atoms with E-state index in [0.29, 0.717) is 18.3 Å². The Balaban J connectivity index is 0.000000999. The van der Waals surface area contributed by atoms with Gasteiger partial charge in [0.05, 0.1) is 12.4 Å². The molecule has 34 heavy (non-hydrogen) atoms. The molecule has 1 aromatic heterocycles. The van der Waals surface area contributed by atoms with Crippen molar-refractivity contribution in [1.82, 2.24) is 15.5 Å². The molecule has 1 aliphatic rings. The van der Waals surface area contributed by atoms with E-state index in [2.05, 4.69) is 60.5 Å². The van der Waals surface area contributed by atoms with Crippen LogP contribution >= 0.6 is 11.8 Å². The van der Waals surface area contributed by atoms with Gasteiger partial charge in [-0.05, 0) is 67.9 Å². The van der Waals surface area contributed by atoms with E-state index < -0.39 is 0 Å². The average Bonchev–Trinajstić information content (AvgIpc) is 3.63. The first-order valence-electron chi connectivity index (χ1n) is 12.1. The topological polar surface area (TPSA) is 80.4 Å². The minimum Gasteiger partial charge on any atom is -0.508 e. The van der Waals surface area contributed by atoms with E-state index in [9.17, 15) is 5.11 Å². The van der Waals surface area contributed by atoms with Crippen LogP contribution in [0.5, 0.6) is 11.5 Å². The first kappa shape index (κ1) is 26.1. The molecule has 7 heteroatoms. The summed E-state index contributed by atoms with van der Waals surface area (Å²) in [5.74, 6) is 3.15. The zero-order chi connectivity index (χ0) is 24.2. The molecule has 0 unspecified atom stereocenters. The predicted octanol–water partition coefficient (Wildman–Crippen LogP) is 6.14. The van der Waals surface area contributed by atoms with E-state index in [1.54, 1.807) is 36.0 Å². The highest BCUT2D eigenvalue weighted by Crippen LogP contribution is 2.25.